The van der Waals surface area contributed by atoms with Crippen molar-refractivity contribution in [3.8, 4) is 5.75 Å². The summed E-state index contributed by atoms with van der Waals surface area (Å²) in [6.45, 7) is 4.94. The maximum absolute atomic E-state index is 12.2. The van der Waals surface area contributed by atoms with E-state index in [1.807, 2.05) is 38.1 Å². The third-order valence-corrected chi connectivity index (χ3v) is 5.16. The molecular weight excluding hydrogens is 303 g/mol. The minimum Gasteiger partial charge on any atom is -0.494 e. The molecular formula is C16H25O5P. The Bertz CT molecular complexity index is 462. The number of benzene rings is 1. The Morgan fingerprint density at radius 1 is 1.05 bits per heavy atom. The maximum atomic E-state index is 12.2. The molecule has 124 valence electrons. The number of hydrogen-bond donors (Lipinski definition) is 0. The summed E-state index contributed by atoms with van der Waals surface area (Å²) < 4.78 is 28.3. The van der Waals surface area contributed by atoms with Crippen LogP contribution in [0.25, 0.3) is 0 Å². The maximum Gasteiger partial charge on any atom is 0.330 e. The van der Waals surface area contributed by atoms with Crippen molar-refractivity contribution in [1.82, 2.24) is 0 Å². The van der Waals surface area contributed by atoms with Crippen molar-refractivity contribution in [3.05, 3.63) is 29.8 Å². The molecule has 1 rings (SSSR count). The summed E-state index contributed by atoms with van der Waals surface area (Å²) in [7, 11) is -2.93. The molecule has 0 aromatic heterocycles. The van der Waals surface area contributed by atoms with Gasteiger partial charge in [-0.2, -0.15) is 0 Å². The molecule has 1 aromatic rings. The molecule has 0 radical (unpaired) electrons. The van der Waals surface area contributed by atoms with Crippen LogP contribution in [0.2, 0.25) is 0 Å². The van der Waals surface area contributed by atoms with Gasteiger partial charge in [0.25, 0.3) is 0 Å². The highest BCUT2D eigenvalue weighted by Crippen LogP contribution is 2.48. The molecule has 0 aliphatic rings. The molecule has 0 bridgehead atoms. The smallest absolute Gasteiger partial charge is 0.330 e. The average Bonchev–Trinajstić information content (AvgIpc) is 2.49. The molecule has 22 heavy (non-hydrogen) atoms. The van der Waals surface area contributed by atoms with Crippen LogP contribution >= 0.6 is 7.60 Å². The number of aldehydes is 1. The molecule has 0 unspecified atom stereocenters. The largest absolute Gasteiger partial charge is 0.494 e. The lowest BCUT2D eigenvalue weighted by molar-refractivity contribution is -0.107. The third-order valence-electron chi connectivity index (χ3n) is 2.99. The van der Waals surface area contributed by atoms with E-state index in [4.69, 9.17) is 13.8 Å². The van der Waals surface area contributed by atoms with Crippen LogP contribution in [0.15, 0.2) is 24.3 Å². The first-order valence-electron chi connectivity index (χ1n) is 7.67. The summed E-state index contributed by atoms with van der Waals surface area (Å²) in [5, 5.41) is 0. The number of carbonyl (C=O) groups is 1. The zero-order chi connectivity index (χ0) is 16.3. The number of hydrogen-bond acceptors (Lipinski definition) is 5. The van der Waals surface area contributed by atoms with E-state index >= 15 is 0 Å². The molecule has 0 spiro atoms. The summed E-state index contributed by atoms with van der Waals surface area (Å²) in [4.78, 5) is 10.4. The van der Waals surface area contributed by atoms with E-state index in [1.165, 1.54) is 0 Å². The Kier molecular flexibility index (Phi) is 9.05. The van der Waals surface area contributed by atoms with Crippen molar-refractivity contribution < 1.29 is 23.1 Å². The van der Waals surface area contributed by atoms with Gasteiger partial charge in [-0.3, -0.25) is 4.57 Å². The first-order chi connectivity index (χ1) is 10.6. The summed E-state index contributed by atoms with van der Waals surface area (Å²) in [5.74, 6) is 0.771. The first kappa shape index (κ1) is 18.9. The van der Waals surface area contributed by atoms with Crippen molar-refractivity contribution in [3.63, 3.8) is 0 Å². The molecule has 0 atom stereocenters. The summed E-state index contributed by atoms with van der Waals surface area (Å²) in [6.07, 6.45) is 3.21. The highest BCUT2D eigenvalue weighted by Gasteiger charge is 2.22. The molecule has 0 heterocycles. The van der Waals surface area contributed by atoms with Gasteiger partial charge in [0.1, 0.15) is 12.0 Å². The fraction of sp³-hybridized carbons (Fsp3) is 0.562. The van der Waals surface area contributed by atoms with Gasteiger partial charge in [-0.25, -0.2) is 0 Å². The monoisotopic (exact) mass is 328 g/mol. The van der Waals surface area contributed by atoms with Crippen molar-refractivity contribution in [2.45, 2.75) is 33.1 Å². The molecule has 0 fully saturated rings. The molecule has 0 aliphatic carbocycles. The van der Waals surface area contributed by atoms with Gasteiger partial charge < -0.3 is 18.6 Å². The number of rotatable bonds is 12. The van der Waals surface area contributed by atoms with E-state index in [1.54, 1.807) is 0 Å². The normalized spacial score (nSPS) is 11.4. The van der Waals surface area contributed by atoms with Crippen LogP contribution in [0, 0.1) is 0 Å². The van der Waals surface area contributed by atoms with E-state index in [0.717, 1.165) is 30.4 Å². The number of carbonyl (C=O) groups excluding carboxylic acids is 1. The standard InChI is InChI=1S/C16H25O5P/c1-3-20-22(18,21-4-2)14-6-5-13-19-16-9-7-15(8-10-16)11-12-17/h7-10,12H,3-6,11,13-14H2,1-2H3. The molecule has 1 aromatic carbocycles. The van der Waals surface area contributed by atoms with Gasteiger partial charge >= 0.3 is 7.60 Å². The Morgan fingerprint density at radius 2 is 1.68 bits per heavy atom. The van der Waals surface area contributed by atoms with E-state index in [0.29, 0.717) is 32.4 Å². The van der Waals surface area contributed by atoms with Crippen molar-refractivity contribution in [2.75, 3.05) is 26.0 Å². The lowest BCUT2D eigenvalue weighted by Gasteiger charge is -2.16. The number of ether oxygens (including phenoxy) is 1. The van der Waals surface area contributed by atoms with E-state index in [2.05, 4.69) is 0 Å². The van der Waals surface area contributed by atoms with Crippen LogP contribution in [0.5, 0.6) is 5.75 Å². The number of unbranched alkanes of at least 4 members (excludes halogenated alkanes) is 1. The van der Waals surface area contributed by atoms with Gasteiger partial charge in [0.05, 0.1) is 26.0 Å². The molecule has 0 amide bonds. The van der Waals surface area contributed by atoms with Crippen LogP contribution < -0.4 is 4.74 Å². The fourth-order valence-electron chi connectivity index (χ4n) is 1.98. The minimum absolute atomic E-state index is 0.390. The quantitative estimate of drug-likeness (QED) is 0.331. The zero-order valence-corrected chi connectivity index (χ0v) is 14.2. The molecule has 0 saturated heterocycles. The van der Waals surface area contributed by atoms with Crippen LogP contribution in [-0.4, -0.2) is 32.3 Å². The predicted octanol–water partition coefficient (Wildman–Crippen LogP) is 3.85. The summed E-state index contributed by atoms with van der Waals surface area (Å²) in [6, 6.07) is 7.46. The second kappa shape index (κ2) is 10.5. The Balaban J connectivity index is 2.26. The second-order valence-corrected chi connectivity index (χ2v) is 6.93. The molecule has 6 heteroatoms. The predicted molar refractivity (Wildman–Crippen MR) is 86.7 cm³/mol. The molecule has 0 N–H and O–H groups in total. The highest BCUT2D eigenvalue weighted by atomic mass is 31.2. The minimum atomic E-state index is -2.93. The second-order valence-electron chi connectivity index (χ2n) is 4.74. The molecule has 0 aliphatic heterocycles. The Morgan fingerprint density at radius 3 is 2.23 bits per heavy atom. The lowest BCUT2D eigenvalue weighted by Crippen LogP contribution is -2.03. The van der Waals surface area contributed by atoms with Gasteiger partial charge in [0.15, 0.2) is 0 Å². The van der Waals surface area contributed by atoms with Crippen LogP contribution in [-0.2, 0) is 24.8 Å². The topological polar surface area (TPSA) is 61.8 Å². The third kappa shape index (κ3) is 7.21. The van der Waals surface area contributed by atoms with Crippen LogP contribution in [0.3, 0.4) is 0 Å². The van der Waals surface area contributed by atoms with E-state index in [-0.39, 0.29) is 0 Å². The van der Waals surface area contributed by atoms with Gasteiger partial charge in [0.2, 0.25) is 0 Å². The Hall–Kier alpha value is -1.16. The van der Waals surface area contributed by atoms with Gasteiger partial charge in [-0.15, -0.1) is 0 Å². The van der Waals surface area contributed by atoms with E-state index < -0.39 is 7.60 Å². The SMILES string of the molecule is CCOP(=O)(CCCCOc1ccc(CC=O)cc1)OCC. The summed E-state index contributed by atoms with van der Waals surface area (Å²) >= 11 is 0. The lowest BCUT2D eigenvalue weighted by atomic mass is 10.2. The first-order valence-corrected chi connectivity index (χ1v) is 9.40. The summed E-state index contributed by atoms with van der Waals surface area (Å²) in [5.41, 5.74) is 0.969. The van der Waals surface area contributed by atoms with E-state index in [9.17, 15) is 9.36 Å². The Labute approximate surface area is 132 Å². The van der Waals surface area contributed by atoms with Crippen LogP contribution in [0.1, 0.15) is 32.3 Å². The van der Waals surface area contributed by atoms with Crippen LogP contribution in [0.4, 0.5) is 0 Å². The van der Waals surface area contributed by atoms with Gasteiger partial charge in [0, 0.05) is 6.42 Å². The van der Waals surface area contributed by atoms with Gasteiger partial charge in [-0.05, 0) is 44.4 Å². The van der Waals surface area contributed by atoms with Gasteiger partial charge in [-0.1, -0.05) is 12.1 Å². The fourth-order valence-corrected chi connectivity index (χ4v) is 3.71. The van der Waals surface area contributed by atoms with Crippen molar-refractivity contribution in [2.24, 2.45) is 0 Å². The average molecular weight is 328 g/mol. The molecule has 0 saturated carbocycles. The zero-order valence-electron chi connectivity index (χ0n) is 13.3. The molecule has 5 nitrogen and oxygen atoms in total. The van der Waals surface area contributed by atoms with Crippen molar-refractivity contribution in [1.29, 1.82) is 0 Å². The van der Waals surface area contributed by atoms with Crippen molar-refractivity contribution >= 4 is 13.9 Å². The highest BCUT2D eigenvalue weighted by molar-refractivity contribution is 7.53.